The molecular weight excluding hydrogens is 258 g/mol. The van der Waals surface area contributed by atoms with E-state index in [0.717, 1.165) is 5.56 Å². The van der Waals surface area contributed by atoms with Crippen LogP contribution in [0, 0.1) is 10.1 Å². The highest BCUT2D eigenvalue weighted by Gasteiger charge is 2.25. The summed E-state index contributed by atoms with van der Waals surface area (Å²) in [5.74, 6) is 0.502. The average molecular weight is 270 g/mol. The molecule has 7 nitrogen and oxygen atoms in total. The summed E-state index contributed by atoms with van der Waals surface area (Å²) >= 11 is 5.60. The molecule has 0 saturated carbocycles. The highest BCUT2D eigenvalue weighted by atomic mass is 35.5. The zero-order valence-electron chi connectivity index (χ0n) is 9.78. The molecule has 2 heterocycles. The summed E-state index contributed by atoms with van der Waals surface area (Å²) in [5.41, 5.74) is 0.851. The number of hydrogen-bond donors (Lipinski definition) is 0. The number of nitrogens with zero attached hydrogens (tertiary/aromatic N) is 5. The van der Waals surface area contributed by atoms with Crippen molar-refractivity contribution in [2.45, 2.75) is 19.5 Å². The second-order valence-corrected chi connectivity index (χ2v) is 4.46. The van der Waals surface area contributed by atoms with Crippen LogP contribution >= 0.6 is 11.6 Å². The summed E-state index contributed by atoms with van der Waals surface area (Å²) in [6.45, 7) is 2.86. The molecule has 8 heteroatoms. The quantitative estimate of drug-likeness (QED) is 0.463. The first-order chi connectivity index (χ1) is 8.54. The first kappa shape index (κ1) is 12.7. The maximum atomic E-state index is 10.6. The van der Waals surface area contributed by atoms with Crippen molar-refractivity contribution in [3.05, 3.63) is 33.4 Å². The molecule has 2 rings (SSSR count). The molecule has 0 fully saturated rings. The summed E-state index contributed by atoms with van der Waals surface area (Å²) < 4.78 is 0. The molecule has 1 aromatic heterocycles. The molecule has 0 radical (unpaired) electrons. The first-order valence-electron chi connectivity index (χ1n) is 5.44. The molecular formula is C10H12ClN5O2. The Morgan fingerprint density at radius 2 is 2.22 bits per heavy atom. The van der Waals surface area contributed by atoms with E-state index in [1.807, 2.05) is 11.8 Å². The molecule has 0 spiro atoms. The van der Waals surface area contributed by atoms with Crippen LogP contribution in [0.5, 0.6) is 0 Å². The average Bonchev–Trinajstić information content (AvgIpc) is 2.61. The maximum absolute atomic E-state index is 10.6. The topological polar surface area (TPSA) is 84.5 Å². The molecule has 1 aliphatic rings. The Labute approximate surface area is 109 Å². The Morgan fingerprint density at radius 3 is 2.83 bits per heavy atom. The van der Waals surface area contributed by atoms with Gasteiger partial charge in [-0.2, -0.15) is 0 Å². The Bertz CT molecular complexity index is 476. The van der Waals surface area contributed by atoms with E-state index < -0.39 is 0 Å². The van der Waals surface area contributed by atoms with Crippen molar-refractivity contribution < 1.29 is 4.92 Å². The number of aliphatic imine (C=N–C) groups is 1. The number of rotatable bonds is 4. The number of amidine groups is 1. The lowest BCUT2D eigenvalue weighted by atomic mass is 10.3. The molecule has 0 aliphatic carbocycles. The molecule has 1 aliphatic heterocycles. The SMILES string of the molecule is CC1CN(Cc2cnc(Cl)nc2)C(C[N+](=O)[O-])=N1. The van der Waals surface area contributed by atoms with Crippen molar-refractivity contribution in [2.75, 3.05) is 13.1 Å². The van der Waals surface area contributed by atoms with E-state index in [2.05, 4.69) is 15.0 Å². The summed E-state index contributed by atoms with van der Waals surface area (Å²) in [4.78, 5) is 24.1. The third-order valence-electron chi connectivity index (χ3n) is 2.54. The van der Waals surface area contributed by atoms with Crippen molar-refractivity contribution in [2.24, 2.45) is 4.99 Å². The maximum Gasteiger partial charge on any atom is 0.260 e. The second-order valence-electron chi connectivity index (χ2n) is 4.13. The molecule has 0 N–H and O–H groups in total. The van der Waals surface area contributed by atoms with Gasteiger partial charge in [0.05, 0.1) is 6.04 Å². The fraction of sp³-hybridized carbons (Fsp3) is 0.500. The molecule has 0 saturated heterocycles. The second kappa shape index (κ2) is 5.26. The summed E-state index contributed by atoms with van der Waals surface area (Å²) in [6.07, 6.45) is 3.23. The highest BCUT2D eigenvalue weighted by molar-refractivity contribution is 6.28. The van der Waals surface area contributed by atoms with E-state index in [1.165, 1.54) is 0 Å². The van der Waals surface area contributed by atoms with Crippen LogP contribution in [0.4, 0.5) is 0 Å². The van der Waals surface area contributed by atoms with E-state index >= 15 is 0 Å². The predicted octanol–water partition coefficient (Wildman–Crippen LogP) is 1.01. The third-order valence-corrected chi connectivity index (χ3v) is 2.73. The van der Waals surface area contributed by atoms with Crippen LogP contribution in [0.1, 0.15) is 12.5 Å². The summed E-state index contributed by atoms with van der Waals surface area (Å²) in [6, 6.07) is 0.0770. The lowest BCUT2D eigenvalue weighted by Gasteiger charge is -2.18. The van der Waals surface area contributed by atoms with E-state index in [4.69, 9.17) is 11.6 Å². The van der Waals surface area contributed by atoms with Crippen LogP contribution in [0.25, 0.3) is 0 Å². The van der Waals surface area contributed by atoms with E-state index in [-0.39, 0.29) is 22.8 Å². The van der Waals surface area contributed by atoms with Crippen LogP contribution in [-0.4, -0.2) is 44.8 Å². The van der Waals surface area contributed by atoms with Gasteiger partial charge in [0.1, 0.15) is 0 Å². The largest absolute Gasteiger partial charge is 0.348 e. The predicted molar refractivity (Wildman–Crippen MR) is 66.2 cm³/mol. The Morgan fingerprint density at radius 1 is 1.56 bits per heavy atom. The standard InChI is InChI=1S/C10H12ClN5O2/c1-7-4-15(9(14-7)6-16(17)18)5-8-2-12-10(11)13-3-8/h2-3,7H,4-6H2,1H3. The molecule has 18 heavy (non-hydrogen) atoms. The van der Waals surface area contributed by atoms with Crippen LogP contribution in [0.3, 0.4) is 0 Å². The minimum Gasteiger partial charge on any atom is -0.348 e. The van der Waals surface area contributed by atoms with Gasteiger partial charge in [-0.15, -0.1) is 0 Å². The Hall–Kier alpha value is -1.76. The monoisotopic (exact) mass is 269 g/mol. The van der Waals surface area contributed by atoms with Crippen LogP contribution in [0.2, 0.25) is 5.28 Å². The van der Waals surface area contributed by atoms with E-state index in [1.54, 1.807) is 12.4 Å². The van der Waals surface area contributed by atoms with Gasteiger partial charge in [-0.05, 0) is 18.5 Å². The van der Waals surface area contributed by atoms with Gasteiger partial charge in [0.2, 0.25) is 5.28 Å². The molecule has 1 atom stereocenters. The van der Waals surface area contributed by atoms with Gasteiger partial charge in [0.25, 0.3) is 6.54 Å². The molecule has 0 aromatic carbocycles. The van der Waals surface area contributed by atoms with Crippen molar-refractivity contribution in [1.29, 1.82) is 0 Å². The highest BCUT2D eigenvalue weighted by Crippen LogP contribution is 2.13. The summed E-state index contributed by atoms with van der Waals surface area (Å²) in [5, 5.41) is 10.7. The van der Waals surface area contributed by atoms with Crippen LogP contribution in [-0.2, 0) is 6.54 Å². The zero-order chi connectivity index (χ0) is 13.1. The minimum atomic E-state index is -0.373. The smallest absolute Gasteiger partial charge is 0.260 e. The lowest BCUT2D eigenvalue weighted by Crippen LogP contribution is -2.32. The Balaban J connectivity index is 2.06. The van der Waals surface area contributed by atoms with Gasteiger partial charge in [-0.1, -0.05) is 0 Å². The third kappa shape index (κ3) is 3.13. The van der Waals surface area contributed by atoms with Crippen molar-refractivity contribution in [3.63, 3.8) is 0 Å². The number of aromatic nitrogens is 2. The zero-order valence-corrected chi connectivity index (χ0v) is 10.5. The Kier molecular flexibility index (Phi) is 3.71. The van der Waals surface area contributed by atoms with Crippen molar-refractivity contribution >= 4 is 17.4 Å². The van der Waals surface area contributed by atoms with E-state index in [9.17, 15) is 10.1 Å². The van der Waals surface area contributed by atoms with Crippen LogP contribution < -0.4 is 0 Å². The lowest BCUT2D eigenvalue weighted by molar-refractivity contribution is -0.464. The molecule has 0 amide bonds. The van der Waals surface area contributed by atoms with Gasteiger partial charge >= 0.3 is 0 Å². The molecule has 0 bridgehead atoms. The fourth-order valence-corrected chi connectivity index (χ4v) is 1.95. The van der Waals surface area contributed by atoms with Gasteiger partial charge < -0.3 is 4.90 Å². The van der Waals surface area contributed by atoms with Crippen LogP contribution in [0.15, 0.2) is 17.4 Å². The molecule has 1 aromatic rings. The van der Waals surface area contributed by atoms with E-state index in [0.29, 0.717) is 18.9 Å². The van der Waals surface area contributed by atoms with Gasteiger partial charge in [0, 0.05) is 36.0 Å². The first-order valence-corrected chi connectivity index (χ1v) is 5.82. The van der Waals surface area contributed by atoms with Gasteiger partial charge in [0.15, 0.2) is 5.84 Å². The molecule has 1 unspecified atom stereocenters. The van der Waals surface area contributed by atoms with Gasteiger partial charge in [-0.25, -0.2) is 9.97 Å². The number of hydrogen-bond acceptors (Lipinski definition) is 6. The normalized spacial score (nSPS) is 18.9. The number of nitro groups is 1. The fourth-order valence-electron chi connectivity index (χ4n) is 1.85. The summed E-state index contributed by atoms with van der Waals surface area (Å²) in [7, 11) is 0. The number of halogens is 1. The van der Waals surface area contributed by atoms with Crippen molar-refractivity contribution in [1.82, 2.24) is 14.9 Å². The van der Waals surface area contributed by atoms with Crippen molar-refractivity contribution in [3.8, 4) is 0 Å². The van der Waals surface area contributed by atoms with Gasteiger partial charge in [-0.3, -0.25) is 15.1 Å². The molecule has 96 valence electrons. The minimum absolute atomic E-state index is 0.0770.